The Bertz CT molecular complexity index is 1070. The highest BCUT2D eigenvalue weighted by Crippen LogP contribution is 2.46. The topological polar surface area (TPSA) is 53.5 Å². The van der Waals surface area contributed by atoms with Gasteiger partial charge in [0, 0.05) is 66.7 Å². The van der Waals surface area contributed by atoms with E-state index in [-0.39, 0.29) is 30.6 Å². The molecular weight excluding hydrogens is 525 g/mol. The molecule has 2 amide bonds. The molecule has 1 saturated heterocycles. The minimum absolute atomic E-state index is 0.0181. The summed E-state index contributed by atoms with van der Waals surface area (Å²) in [5.41, 5.74) is 4.64. The smallest absolute Gasteiger partial charge is 0.223 e. The number of benzene rings is 1. The van der Waals surface area contributed by atoms with Crippen molar-refractivity contribution in [1.29, 1.82) is 0 Å². The molecule has 176 valence electrons. The average Bonchev–Trinajstić information content (AvgIpc) is 2.94. The number of carbonyl (C=O) groups excluding carboxylic acids is 2. The van der Waals surface area contributed by atoms with E-state index in [9.17, 15) is 9.59 Å². The maximum Gasteiger partial charge on any atom is 0.223 e. The van der Waals surface area contributed by atoms with E-state index in [1.165, 1.54) is 16.0 Å². The molecule has 0 spiro atoms. The number of amides is 2. The van der Waals surface area contributed by atoms with Gasteiger partial charge in [-0.25, -0.2) is 0 Å². The maximum atomic E-state index is 12.7. The Kier molecular flexibility index (Phi) is 7.66. The van der Waals surface area contributed by atoms with Gasteiger partial charge in [-0.15, -0.1) is 0 Å². The summed E-state index contributed by atoms with van der Waals surface area (Å²) < 4.78 is 0.975. The lowest BCUT2D eigenvalue weighted by Crippen LogP contribution is -2.40. The van der Waals surface area contributed by atoms with E-state index in [0.29, 0.717) is 29.1 Å². The van der Waals surface area contributed by atoms with Crippen LogP contribution in [0.25, 0.3) is 0 Å². The molecule has 2 heterocycles. The Labute approximate surface area is 213 Å². The van der Waals surface area contributed by atoms with E-state index in [0.717, 1.165) is 41.4 Å². The van der Waals surface area contributed by atoms with Crippen LogP contribution in [-0.4, -0.2) is 53.8 Å². The molecule has 0 N–H and O–H groups in total. The van der Waals surface area contributed by atoms with Crippen molar-refractivity contribution in [3.05, 3.63) is 61.3 Å². The first-order valence-corrected chi connectivity index (χ1v) is 12.9. The second-order valence-corrected chi connectivity index (χ2v) is 10.9. The fourth-order valence-electron chi connectivity index (χ4n) is 5.11. The van der Waals surface area contributed by atoms with Crippen LogP contribution in [0.15, 0.2) is 28.9 Å². The van der Waals surface area contributed by atoms with Gasteiger partial charge >= 0.3 is 0 Å². The van der Waals surface area contributed by atoms with Gasteiger partial charge in [0.05, 0.1) is 5.69 Å². The highest BCUT2D eigenvalue weighted by molar-refractivity contribution is 9.10. The molecule has 33 heavy (non-hydrogen) atoms. The molecule has 1 atom stereocenters. The zero-order chi connectivity index (χ0) is 23.7. The van der Waals surface area contributed by atoms with Gasteiger partial charge in [-0.05, 0) is 82.4 Å². The van der Waals surface area contributed by atoms with Gasteiger partial charge in [-0.3, -0.25) is 14.6 Å². The predicted molar refractivity (Wildman–Crippen MR) is 135 cm³/mol. The number of halogens is 3. The lowest BCUT2D eigenvalue weighted by Gasteiger charge is -2.37. The van der Waals surface area contributed by atoms with Gasteiger partial charge in [0.25, 0.3) is 0 Å². The predicted octanol–water partition coefficient (Wildman–Crippen LogP) is 5.49. The SMILES string of the molecule is CN(C)C(=O)CCC(=O)N1CCC(C2c3ncc(Br)cc3CCc3cc(Cl)cc(Cl)c32)CC1. The number of hydrogen-bond donors (Lipinski definition) is 0. The highest BCUT2D eigenvalue weighted by Gasteiger charge is 2.36. The first kappa shape index (κ1) is 24.5. The van der Waals surface area contributed by atoms with Crippen molar-refractivity contribution in [3.63, 3.8) is 0 Å². The third-order valence-corrected chi connectivity index (χ3v) is 7.80. The standard InChI is InChI=1S/C25H28BrCl2N3O2/c1-30(2)21(32)5-6-22(33)31-9-7-15(8-10-31)24-23-16(12-19(27)13-20(23)28)3-4-17-11-18(26)14-29-25(17)24/h11-15,24H,3-10H2,1-2H3. The van der Waals surface area contributed by atoms with Gasteiger partial charge in [0.15, 0.2) is 0 Å². The van der Waals surface area contributed by atoms with Crippen LogP contribution in [0, 0.1) is 5.92 Å². The number of pyridine rings is 1. The number of likely N-dealkylation sites (tertiary alicyclic amines) is 1. The van der Waals surface area contributed by atoms with Crippen molar-refractivity contribution in [3.8, 4) is 0 Å². The molecule has 1 aromatic carbocycles. The minimum atomic E-state index is -0.0181. The van der Waals surface area contributed by atoms with Crippen LogP contribution in [0.3, 0.4) is 0 Å². The molecular formula is C25H28BrCl2N3O2. The average molecular weight is 553 g/mol. The van der Waals surface area contributed by atoms with Crippen molar-refractivity contribution in [1.82, 2.24) is 14.8 Å². The van der Waals surface area contributed by atoms with Crippen LogP contribution in [0.5, 0.6) is 0 Å². The number of hydrogen-bond acceptors (Lipinski definition) is 3. The minimum Gasteiger partial charge on any atom is -0.349 e. The number of aryl methyl sites for hydroxylation is 2. The quantitative estimate of drug-likeness (QED) is 0.504. The lowest BCUT2D eigenvalue weighted by molar-refractivity contribution is -0.136. The van der Waals surface area contributed by atoms with Crippen LogP contribution < -0.4 is 0 Å². The summed E-state index contributed by atoms with van der Waals surface area (Å²) in [6.07, 6.45) is 5.87. The third kappa shape index (κ3) is 5.39. The summed E-state index contributed by atoms with van der Waals surface area (Å²) in [5, 5.41) is 1.35. The van der Waals surface area contributed by atoms with Crippen LogP contribution in [-0.2, 0) is 22.4 Å². The molecule has 8 heteroatoms. The zero-order valence-electron chi connectivity index (χ0n) is 18.9. The van der Waals surface area contributed by atoms with E-state index in [1.807, 2.05) is 23.2 Å². The van der Waals surface area contributed by atoms with Gasteiger partial charge in [0.1, 0.15) is 0 Å². The Balaban J connectivity index is 1.57. The monoisotopic (exact) mass is 551 g/mol. The molecule has 1 aromatic heterocycles. The largest absolute Gasteiger partial charge is 0.349 e. The Morgan fingerprint density at radius 1 is 1.09 bits per heavy atom. The van der Waals surface area contributed by atoms with Gasteiger partial charge in [-0.1, -0.05) is 23.2 Å². The second kappa shape index (κ2) is 10.3. The van der Waals surface area contributed by atoms with Crippen LogP contribution in [0.2, 0.25) is 10.0 Å². The summed E-state index contributed by atoms with van der Waals surface area (Å²) in [5.74, 6) is 0.427. The molecule has 0 bridgehead atoms. The lowest BCUT2D eigenvalue weighted by atomic mass is 9.76. The maximum absolute atomic E-state index is 12.7. The van der Waals surface area contributed by atoms with Crippen molar-refractivity contribution >= 4 is 50.9 Å². The van der Waals surface area contributed by atoms with Crippen LogP contribution in [0.4, 0.5) is 0 Å². The summed E-state index contributed by atoms with van der Waals surface area (Å²) >= 11 is 16.7. The van der Waals surface area contributed by atoms with E-state index < -0.39 is 0 Å². The number of aromatic nitrogens is 1. The number of fused-ring (bicyclic) bond motifs is 2. The number of nitrogens with zero attached hydrogens (tertiary/aromatic N) is 3. The molecule has 5 nitrogen and oxygen atoms in total. The molecule has 1 aliphatic heterocycles. The second-order valence-electron chi connectivity index (χ2n) is 9.14. The molecule has 1 fully saturated rings. The molecule has 1 aliphatic carbocycles. The Morgan fingerprint density at radius 2 is 1.79 bits per heavy atom. The van der Waals surface area contributed by atoms with Crippen LogP contribution >= 0.6 is 39.1 Å². The summed E-state index contributed by atoms with van der Waals surface area (Å²) in [7, 11) is 3.43. The molecule has 2 aromatic rings. The number of rotatable bonds is 4. The first-order valence-electron chi connectivity index (χ1n) is 11.3. The van der Waals surface area contributed by atoms with Crippen molar-refractivity contribution in [2.24, 2.45) is 5.92 Å². The Hall–Kier alpha value is -1.63. The summed E-state index contributed by atoms with van der Waals surface area (Å²) in [4.78, 5) is 32.8. The highest BCUT2D eigenvalue weighted by atomic mass is 79.9. The van der Waals surface area contributed by atoms with Crippen LogP contribution in [0.1, 0.15) is 54.0 Å². The fourth-order valence-corrected chi connectivity index (χ4v) is 6.14. The van der Waals surface area contributed by atoms with E-state index in [2.05, 4.69) is 22.0 Å². The van der Waals surface area contributed by atoms with E-state index >= 15 is 0 Å². The summed E-state index contributed by atoms with van der Waals surface area (Å²) in [6.45, 7) is 1.37. The van der Waals surface area contributed by atoms with Crippen molar-refractivity contribution in [2.45, 2.75) is 44.4 Å². The van der Waals surface area contributed by atoms with Gasteiger partial charge in [0.2, 0.25) is 11.8 Å². The molecule has 4 rings (SSSR count). The molecule has 2 aliphatic rings. The Morgan fingerprint density at radius 3 is 2.48 bits per heavy atom. The third-order valence-electron chi connectivity index (χ3n) is 6.83. The molecule has 0 radical (unpaired) electrons. The van der Waals surface area contributed by atoms with Crippen molar-refractivity contribution in [2.75, 3.05) is 27.2 Å². The molecule has 0 saturated carbocycles. The zero-order valence-corrected chi connectivity index (χ0v) is 22.0. The number of carbonyl (C=O) groups is 2. The van der Waals surface area contributed by atoms with Gasteiger partial charge in [-0.2, -0.15) is 0 Å². The summed E-state index contributed by atoms with van der Waals surface area (Å²) in [6, 6.07) is 6.04. The normalized spacial score (nSPS) is 18.3. The van der Waals surface area contributed by atoms with E-state index in [4.69, 9.17) is 28.2 Å². The fraction of sp³-hybridized carbons (Fsp3) is 0.480. The van der Waals surface area contributed by atoms with Crippen molar-refractivity contribution < 1.29 is 9.59 Å². The van der Waals surface area contributed by atoms with E-state index in [1.54, 1.807) is 14.1 Å². The van der Waals surface area contributed by atoms with Gasteiger partial charge < -0.3 is 9.80 Å². The number of piperidine rings is 1. The molecule has 1 unspecified atom stereocenters. The first-order chi connectivity index (χ1) is 15.7.